The maximum atomic E-state index is 5.75. The molecule has 0 aromatic heterocycles. The molecule has 0 radical (unpaired) electrons. The predicted octanol–water partition coefficient (Wildman–Crippen LogP) is 1.79. The van der Waals surface area contributed by atoms with Crippen LogP contribution in [-0.2, 0) is 4.74 Å². The van der Waals surface area contributed by atoms with Crippen molar-refractivity contribution in [3.05, 3.63) is 0 Å². The summed E-state index contributed by atoms with van der Waals surface area (Å²) in [4.78, 5) is 0. The highest BCUT2D eigenvalue weighted by Crippen LogP contribution is 2.26. The smallest absolute Gasteiger partial charge is 0.0640 e. The molecule has 1 fully saturated rings. The maximum Gasteiger partial charge on any atom is 0.0640 e. The van der Waals surface area contributed by atoms with Crippen molar-refractivity contribution in [1.29, 1.82) is 0 Å². The van der Waals surface area contributed by atoms with Gasteiger partial charge in [0.2, 0.25) is 0 Å². The molecule has 12 heavy (non-hydrogen) atoms. The molecule has 0 bridgehead atoms. The lowest BCUT2D eigenvalue weighted by Gasteiger charge is -2.34. The normalized spacial score (nSPS) is 33.2. The van der Waals surface area contributed by atoms with Crippen molar-refractivity contribution < 1.29 is 4.74 Å². The van der Waals surface area contributed by atoms with E-state index in [9.17, 15) is 0 Å². The summed E-state index contributed by atoms with van der Waals surface area (Å²) in [5.74, 6) is 1.27. The molecule has 0 aliphatic carbocycles. The second kappa shape index (κ2) is 4.83. The highest BCUT2D eigenvalue weighted by atomic mass is 16.5. The third kappa shape index (κ3) is 2.20. The van der Waals surface area contributed by atoms with Crippen LogP contribution in [0.25, 0.3) is 0 Å². The van der Waals surface area contributed by atoms with Crippen LogP contribution < -0.4 is 5.73 Å². The molecule has 0 aromatic rings. The molecule has 0 saturated carbocycles. The zero-order chi connectivity index (χ0) is 8.97. The van der Waals surface area contributed by atoms with Crippen molar-refractivity contribution in [2.24, 2.45) is 17.6 Å². The van der Waals surface area contributed by atoms with Gasteiger partial charge in [-0.1, -0.05) is 20.3 Å². The van der Waals surface area contributed by atoms with Gasteiger partial charge in [-0.25, -0.2) is 0 Å². The predicted molar refractivity (Wildman–Crippen MR) is 51.0 cm³/mol. The average Bonchev–Trinajstić information content (AvgIpc) is 2.16. The van der Waals surface area contributed by atoms with E-state index in [4.69, 9.17) is 10.5 Å². The van der Waals surface area contributed by atoms with E-state index in [1.165, 1.54) is 19.3 Å². The fourth-order valence-corrected chi connectivity index (χ4v) is 1.98. The second-order valence-electron chi connectivity index (χ2n) is 3.86. The fourth-order valence-electron chi connectivity index (χ4n) is 1.98. The summed E-state index contributed by atoms with van der Waals surface area (Å²) in [7, 11) is 0. The molecule has 0 spiro atoms. The van der Waals surface area contributed by atoms with Crippen LogP contribution in [0.4, 0.5) is 0 Å². The van der Waals surface area contributed by atoms with Gasteiger partial charge in [0.05, 0.1) is 6.10 Å². The lowest BCUT2D eigenvalue weighted by molar-refractivity contribution is -0.0541. The first-order valence-electron chi connectivity index (χ1n) is 5.11. The molecule has 1 aliphatic rings. The van der Waals surface area contributed by atoms with E-state index in [-0.39, 0.29) is 0 Å². The molecular formula is C10H21NO. The van der Waals surface area contributed by atoms with Gasteiger partial charge < -0.3 is 10.5 Å². The van der Waals surface area contributed by atoms with Crippen LogP contribution in [0, 0.1) is 11.8 Å². The summed E-state index contributed by atoms with van der Waals surface area (Å²) in [5, 5.41) is 0. The van der Waals surface area contributed by atoms with E-state index in [0.29, 0.717) is 17.9 Å². The maximum absolute atomic E-state index is 5.75. The van der Waals surface area contributed by atoms with Gasteiger partial charge >= 0.3 is 0 Å². The van der Waals surface area contributed by atoms with E-state index in [0.717, 1.165) is 13.2 Å². The van der Waals surface area contributed by atoms with Gasteiger partial charge in [-0.15, -0.1) is 0 Å². The lowest BCUT2D eigenvalue weighted by Crippen LogP contribution is -2.38. The highest BCUT2D eigenvalue weighted by molar-refractivity contribution is 4.78. The first-order chi connectivity index (χ1) is 5.79. The van der Waals surface area contributed by atoms with Crippen LogP contribution in [0.2, 0.25) is 0 Å². The molecule has 1 rings (SSSR count). The van der Waals surface area contributed by atoms with Crippen molar-refractivity contribution in [2.45, 2.75) is 39.2 Å². The minimum absolute atomic E-state index is 0.425. The Hall–Kier alpha value is -0.0800. The molecule has 2 heteroatoms. The van der Waals surface area contributed by atoms with Crippen LogP contribution in [0.1, 0.15) is 33.1 Å². The number of hydrogen-bond donors (Lipinski definition) is 1. The first-order valence-corrected chi connectivity index (χ1v) is 5.11. The Labute approximate surface area is 75.5 Å². The third-order valence-corrected chi connectivity index (χ3v) is 3.00. The minimum Gasteiger partial charge on any atom is -0.378 e. The van der Waals surface area contributed by atoms with E-state index in [1.54, 1.807) is 0 Å². The van der Waals surface area contributed by atoms with Crippen molar-refractivity contribution >= 4 is 0 Å². The molecule has 1 aliphatic heterocycles. The second-order valence-corrected chi connectivity index (χ2v) is 3.86. The standard InChI is InChI=1S/C10H21NO/c1-3-8(2)10-9(7-11)5-4-6-12-10/h8-10H,3-7,11H2,1-2H3. The Bertz CT molecular complexity index is 127. The summed E-state index contributed by atoms with van der Waals surface area (Å²) in [6.07, 6.45) is 4.07. The molecule has 72 valence electrons. The van der Waals surface area contributed by atoms with Crippen LogP contribution in [0.5, 0.6) is 0 Å². The van der Waals surface area contributed by atoms with Crippen molar-refractivity contribution in [2.75, 3.05) is 13.2 Å². The van der Waals surface area contributed by atoms with Crippen molar-refractivity contribution in [1.82, 2.24) is 0 Å². The van der Waals surface area contributed by atoms with Gasteiger partial charge in [0.25, 0.3) is 0 Å². The Balaban J connectivity index is 2.46. The van der Waals surface area contributed by atoms with Gasteiger partial charge in [-0.05, 0) is 31.2 Å². The number of hydrogen-bond acceptors (Lipinski definition) is 2. The van der Waals surface area contributed by atoms with Crippen molar-refractivity contribution in [3.8, 4) is 0 Å². The largest absolute Gasteiger partial charge is 0.378 e. The monoisotopic (exact) mass is 171 g/mol. The summed E-state index contributed by atoms with van der Waals surface area (Å²) in [6, 6.07) is 0. The van der Waals surface area contributed by atoms with Crippen LogP contribution in [0.15, 0.2) is 0 Å². The number of nitrogens with two attached hydrogens (primary N) is 1. The van der Waals surface area contributed by atoms with E-state index < -0.39 is 0 Å². The van der Waals surface area contributed by atoms with Crippen LogP contribution in [-0.4, -0.2) is 19.3 Å². The number of rotatable bonds is 3. The topological polar surface area (TPSA) is 35.2 Å². The third-order valence-electron chi connectivity index (χ3n) is 3.00. The molecule has 0 amide bonds. The zero-order valence-electron chi connectivity index (χ0n) is 8.25. The SMILES string of the molecule is CCC(C)C1OCCCC1CN. The lowest BCUT2D eigenvalue weighted by atomic mass is 9.85. The van der Waals surface area contributed by atoms with Gasteiger partial charge in [-0.3, -0.25) is 0 Å². The Kier molecular flexibility index (Phi) is 4.02. The van der Waals surface area contributed by atoms with E-state index in [2.05, 4.69) is 13.8 Å². The zero-order valence-corrected chi connectivity index (χ0v) is 8.25. The molecular weight excluding hydrogens is 150 g/mol. The summed E-state index contributed by atoms with van der Waals surface area (Å²) in [5.41, 5.74) is 5.71. The van der Waals surface area contributed by atoms with Crippen molar-refractivity contribution in [3.63, 3.8) is 0 Å². The van der Waals surface area contributed by atoms with E-state index >= 15 is 0 Å². The summed E-state index contributed by atoms with van der Waals surface area (Å²) < 4.78 is 5.75. The van der Waals surface area contributed by atoms with Gasteiger partial charge in [0.15, 0.2) is 0 Å². The molecule has 0 aromatic carbocycles. The number of ether oxygens (including phenoxy) is 1. The van der Waals surface area contributed by atoms with Crippen LogP contribution in [0.3, 0.4) is 0 Å². The summed E-state index contributed by atoms with van der Waals surface area (Å²) in [6.45, 7) is 6.20. The Morgan fingerprint density at radius 1 is 1.58 bits per heavy atom. The molecule has 1 saturated heterocycles. The first kappa shape index (κ1) is 10.0. The Morgan fingerprint density at radius 2 is 2.33 bits per heavy atom. The molecule has 2 N–H and O–H groups in total. The molecule has 3 atom stereocenters. The molecule has 2 nitrogen and oxygen atoms in total. The average molecular weight is 171 g/mol. The quantitative estimate of drug-likeness (QED) is 0.702. The van der Waals surface area contributed by atoms with Crippen LogP contribution >= 0.6 is 0 Å². The highest BCUT2D eigenvalue weighted by Gasteiger charge is 2.28. The molecule has 1 heterocycles. The van der Waals surface area contributed by atoms with E-state index in [1.807, 2.05) is 0 Å². The molecule has 3 unspecified atom stereocenters. The minimum atomic E-state index is 0.425. The van der Waals surface area contributed by atoms with Gasteiger partial charge in [-0.2, -0.15) is 0 Å². The van der Waals surface area contributed by atoms with Gasteiger partial charge in [0.1, 0.15) is 0 Å². The fraction of sp³-hybridized carbons (Fsp3) is 1.00. The van der Waals surface area contributed by atoms with Gasteiger partial charge in [0, 0.05) is 6.61 Å². The summed E-state index contributed by atoms with van der Waals surface area (Å²) >= 11 is 0. The Morgan fingerprint density at radius 3 is 2.92 bits per heavy atom.